The second kappa shape index (κ2) is 5.48. The molecule has 1 unspecified atom stereocenters. The van der Waals surface area contributed by atoms with Gasteiger partial charge in [0, 0.05) is 12.3 Å². The summed E-state index contributed by atoms with van der Waals surface area (Å²) in [6.45, 7) is 3.80. The summed E-state index contributed by atoms with van der Waals surface area (Å²) >= 11 is 5.84. The SMILES string of the molecule is Cc1cnc(C(C)n2c(CCCl)nc3c(F)cccc32)o1. The number of halogens is 2. The number of oxazole rings is 1. The molecule has 0 aliphatic carbocycles. The van der Waals surface area contributed by atoms with E-state index in [4.69, 9.17) is 16.0 Å². The monoisotopic (exact) mass is 307 g/mol. The molecule has 0 aliphatic rings. The highest BCUT2D eigenvalue weighted by atomic mass is 35.5. The molecule has 0 saturated carbocycles. The molecule has 2 aromatic heterocycles. The molecule has 110 valence electrons. The van der Waals surface area contributed by atoms with Gasteiger partial charge in [0.15, 0.2) is 5.82 Å². The van der Waals surface area contributed by atoms with Crippen LogP contribution in [-0.2, 0) is 6.42 Å². The largest absolute Gasteiger partial charge is 0.444 e. The molecule has 0 fully saturated rings. The van der Waals surface area contributed by atoms with Crippen LogP contribution in [0.15, 0.2) is 28.8 Å². The Morgan fingerprint density at radius 1 is 1.43 bits per heavy atom. The van der Waals surface area contributed by atoms with Crippen LogP contribution in [0.4, 0.5) is 4.39 Å². The van der Waals surface area contributed by atoms with Crippen LogP contribution in [0.1, 0.15) is 30.4 Å². The Morgan fingerprint density at radius 2 is 2.24 bits per heavy atom. The molecule has 3 aromatic rings. The molecule has 0 aliphatic heterocycles. The highest BCUT2D eigenvalue weighted by Crippen LogP contribution is 2.27. The molecule has 1 aromatic carbocycles. The Hall–Kier alpha value is -1.88. The second-order valence-corrected chi connectivity index (χ2v) is 5.31. The number of nitrogens with zero attached hydrogens (tertiary/aromatic N) is 3. The summed E-state index contributed by atoms with van der Waals surface area (Å²) < 4.78 is 21.5. The van der Waals surface area contributed by atoms with Gasteiger partial charge in [-0.05, 0) is 26.0 Å². The summed E-state index contributed by atoms with van der Waals surface area (Å²) in [6.07, 6.45) is 2.23. The van der Waals surface area contributed by atoms with Gasteiger partial charge in [0.05, 0.1) is 11.7 Å². The summed E-state index contributed by atoms with van der Waals surface area (Å²) in [5, 5.41) is 0. The van der Waals surface area contributed by atoms with E-state index in [0.717, 1.165) is 17.1 Å². The number of imidazole rings is 1. The maximum absolute atomic E-state index is 13.9. The van der Waals surface area contributed by atoms with Crippen molar-refractivity contribution in [2.45, 2.75) is 26.3 Å². The first-order valence-corrected chi connectivity index (χ1v) is 7.29. The zero-order valence-corrected chi connectivity index (χ0v) is 12.6. The van der Waals surface area contributed by atoms with Gasteiger partial charge in [-0.25, -0.2) is 14.4 Å². The van der Waals surface area contributed by atoms with Gasteiger partial charge in [0.25, 0.3) is 0 Å². The molecule has 4 nitrogen and oxygen atoms in total. The second-order valence-electron chi connectivity index (χ2n) is 4.93. The van der Waals surface area contributed by atoms with Crippen molar-refractivity contribution in [2.75, 3.05) is 5.88 Å². The summed E-state index contributed by atoms with van der Waals surface area (Å²) in [6, 6.07) is 4.75. The van der Waals surface area contributed by atoms with Crippen LogP contribution in [0.25, 0.3) is 11.0 Å². The molecular formula is C15H15ClFN3O. The molecule has 21 heavy (non-hydrogen) atoms. The van der Waals surface area contributed by atoms with Gasteiger partial charge < -0.3 is 8.98 Å². The summed E-state index contributed by atoms with van der Waals surface area (Å²) in [5.74, 6) is 2.13. The smallest absolute Gasteiger partial charge is 0.217 e. The van der Waals surface area contributed by atoms with Crippen molar-refractivity contribution in [3.63, 3.8) is 0 Å². The van der Waals surface area contributed by atoms with E-state index in [2.05, 4.69) is 9.97 Å². The van der Waals surface area contributed by atoms with Gasteiger partial charge in [0.2, 0.25) is 5.89 Å². The van der Waals surface area contributed by atoms with E-state index in [9.17, 15) is 4.39 Å². The predicted molar refractivity (Wildman–Crippen MR) is 79.2 cm³/mol. The van der Waals surface area contributed by atoms with E-state index >= 15 is 0 Å². The van der Waals surface area contributed by atoms with Crippen LogP contribution in [0, 0.1) is 12.7 Å². The van der Waals surface area contributed by atoms with Crippen molar-refractivity contribution in [1.82, 2.24) is 14.5 Å². The number of para-hydroxylation sites is 1. The van der Waals surface area contributed by atoms with Crippen LogP contribution < -0.4 is 0 Å². The van der Waals surface area contributed by atoms with E-state index in [-0.39, 0.29) is 11.9 Å². The molecule has 3 rings (SSSR count). The lowest BCUT2D eigenvalue weighted by molar-refractivity contribution is 0.414. The van der Waals surface area contributed by atoms with Crippen molar-refractivity contribution < 1.29 is 8.81 Å². The van der Waals surface area contributed by atoms with Gasteiger partial charge in [-0.2, -0.15) is 0 Å². The van der Waals surface area contributed by atoms with Gasteiger partial charge in [0.1, 0.15) is 23.1 Å². The molecule has 0 amide bonds. The number of benzene rings is 1. The lowest BCUT2D eigenvalue weighted by Gasteiger charge is -2.14. The first-order chi connectivity index (χ1) is 10.1. The number of rotatable bonds is 4. The molecule has 1 atom stereocenters. The van der Waals surface area contributed by atoms with Crippen LogP contribution in [0.5, 0.6) is 0 Å². The van der Waals surface area contributed by atoms with Crippen molar-refractivity contribution >= 4 is 22.6 Å². The number of fused-ring (bicyclic) bond motifs is 1. The lowest BCUT2D eigenvalue weighted by Crippen LogP contribution is -2.11. The van der Waals surface area contributed by atoms with Crippen LogP contribution >= 0.6 is 11.6 Å². The zero-order valence-electron chi connectivity index (χ0n) is 11.8. The van der Waals surface area contributed by atoms with Crippen molar-refractivity contribution in [2.24, 2.45) is 0 Å². The molecule has 0 spiro atoms. The van der Waals surface area contributed by atoms with E-state index in [1.165, 1.54) is 6.07 Å². The van der Waals surface area contributed by atoms with Gasteiger partial charge in [-0.1, -0.05) is 6.07 Å². The molecule has 6 heteroatoms. The quantitative estimate of drug-likeness (QED) is 0.687. The Kier molecular flexibility index (Phi) is 3.68. The van der Waals surface area contributed by atoms with Gasteiger partial charge in [-0.3, -0.25) is 0 Å². The number of aromatic nitrogens is 3. The minimum atomic E-state index is -0.335. The maximum atomic E-state index is 13.9. The average molecular weight is 308 g/mol. The Morgan fingerprint density at radius 3 is 2.90 bits per heavy atom. The van der Waals surface area contributed by atoms with Crippen molar-refractivity contribution in [3.05, 3.63) is 47.7 Å². The first-order valence-electron chi connectivity index (χ1n) is 6.75. The first kappa shape index (κ1) is 14.1. The van der Waals surface area contributed by atoms with E-state index < -0.39 is 0 Å². The third-order valence-corrected chi connectivity index (χ3v) is 3.63. The molecule has 2 heterocycles. The lowest BCUT2D eigenvalue weighted by atomic mass is 10.2. The van der Waals surface area contributed by atoms with Gasteiger partial charge in [-0.15, -0.1) is 11.6 Å². The van der Waals surface area contributed by atoms with E-state index in [1.807, 2.05) is 24.5 Å². The third-order valence-electron chi connectivity index (χ3n) is 3.45. The molecule has 0 radical (unpaired) electrons. The number of hydrogen-bond acceptors (Lipinski definition) is 3. The third kappa shape index (κ3) is 2.42. The van der Waals surface area contributed by atoms with Crippen LogP contribution in [0.3, 0.4) is 0 Å². The van der Waals surface area contributed by atoms with E-state index in [0.29, 0.717) is 23.7 Å². The average Bonchev–Trinajstić information content (AvgIpc) is 3.03. The highest BCUT2D eigenvalue weighted by Gasteiger charge is 2.21. The maximum Gasteiger partial charge on any atom is 0.217 e. The molecular weight excluding hydrogens is 293 g/mol. The minimum Gasteiger partial charge on any atom is -0.444 e. The Balaban J connectivity index is 2.19. The Bertz CT molecular complexity index is 780. The molecule has 0 saturated heterocycles. The Labute approximate surface area is 126 Å². The predicted octanol–water partition coefficient (Wildman–Crippen LogP) is 3.86. The normalized spacial score (nSPS) is 13.0. The number of aryl methyl sites for hydroxylation is 2. The highest BCUT2D eigenvalue weighted by molar-refractivity contribution is 6.17. The summed E-state index contributed by atoms with van der Waals surface area (Å²) in [5.41, 5.74) is 1.08. The van der Waals surface area contributed by atoms with Gasteiger partial charge >= 0.3 is 0 Å². The standard InChI is InChI=1S/C15H15ClFN3O/c1-9-8-18-15(21-9)10(2)20-12-5-3-4-11(17)14(12)19-13(20)6-7-16/h3-5,8,10H,6-7H2,1-2H3. The van der Waals surface area contributed by atoms with E-state index in [1.54, 1.807) is 12.3 Å². The summed E-state index contributed by atoms with van der Waals surface area (Å²) in [4.78, 5) is 8.65. The van der Waals surface area contributed by atoms with Crippen LogP contribution in [0.2, 0.25) is 0 Å². The van der Waals surface area contributed by atoms with Crippen LogP contribution in [-0.4, -0.2) is 20.4 Å². The fourth-order valence-electron chi connectivity index (χ4n) is 2.50. The molecule has 0 bridgehead atoms. The minimum absolute atomic E-state index is 0.177. The topological polar surface area (TPSA) is 43.9 Å². The fourth-order valence-corrected chi connectivity index (χ4v) is 2.67. The van der Waals surface area contributed by atoms with Crippen molar-refractivity contribution in [3.8, 4) is 0 Å². The zero-order chi connectivity index (χ0) is 15.0. The van der Waals surface area contributed by atoms with Crippen molar-refractivity contribution in [1.29, 1.82) is 0 Å². The molecule has 0 N–H and O–H groups in total. The summed E-state index contributed by atoms with van der Waals surface area (Å²) in [7, 11) is 0. The fraction of sp³-hybridized carbons (Fsp3) is 0.333. The number of hydrogen-bond donors (Lipinski definition) is 0. The number of alkyl halides is 1.